The first-order chi connectivity index (χ1) is 17.4. The zero-order chi connectivity index (χ0) is 25.9. The second kappa shape index (κ2) is 16.8. The number of hydrogen-bond donors (Lipinski definition) is 0. The van der Waals surface area contributed by atoms with Gasteiger partial charge >= 0.3 is 0 Å². The highest BCUT2D eigenvalue weighted by atomic mass is 32.2. The van der Waals surface area contributed by atoms with E-state index in [4.69, 9.17) is 0 Å². The molecule has 36 heavy (non-hydrogen) atoms. The summed E-state index contributed by atoms with van der Waals surface area (Å²) in [6.07, 6.45) is 2.83. The van der Waals surface area contributed by atoms with E-state index in [9.17, 15) is 9.59 Å². The van der Waals surface area contributed by atoms with Crippen molar-refractivity contribution < 1.29 is 9.59 Å². The summed E-state index contributed by atoms with van der Waals surface area (Å²) in [7, 11) is 0. The quantitative estimate of drug-likeness (QED) is 0.187. The smallest absolute Gasteiger partial charge is 0.211 e. The van der Waals surface area contributed by atoms with Crippen molar-refractivity contribution in [3.05, 3.63) is 60.7 Å². The fourth-order valence-electron chi connectivity index (χ4n) is 3.42. The predicted octanol–water partition coefficient (Wildman–Crippen LogP) is 8.17. The lowest BCUT2D eigenvalue weighted by Gasteiger charge is -2.18. The second-order valence-corrected chi connectivity index (χ2v) is 19.1. The Morgan fingerprint density at radius 2 is 1.22 bits per heavy atom. The van der Waals surface area contributed by atoms with Gasteiger partial charge in [-0.2, -0.15) is 23.5 Å². The Balaban J connectivity index is 1.33. The second-order valence-electron chi connectivity index (χ2n) is 8.44. The minimum atomic E-state index is 0.0839. The van der Waals surface area contributed by atoms with Crippen molar-refractivity contribution >= 4 is 104 Å². The fourth-order valence-corrected chi connectivity index (χ4v) is 15.3. The zero-order valence-electron chi connectivity index (χ0n) is 20.7. The van der Waals surface area contributed by atoms with E-state index in [0.29, 0.717) is 30.2 Å². The maximum atomic E-state index is 11.5. The molecule has 2 heterocycles. The highest BCUT2D eigenvalue weighted by molar-refractivity contribution is 8.23. The SMILES string of the molecule is C=CC(=O)SCC1CSC(C(C)SCc2ccc(CSC(C)C3SCC(CSC(=O)C=C)S3)cc2)S1. The van der Waals surface area contributed by atoms with Crippen LogP contribution in [0, 0.1) is 0 Å². The van der Waals surface area contributed by atoms with Gasteiger partial charge in [-0.15, -0.1) is 47.0 Å². The molecular weight excluding hydrogens is 601 g/mol. The summed E-state index contributed by atoms with van der Waals surface area (Å²) in [6, 6.07) is 9.16. The summed E-state index contributed by atoms with van der Waals surface area (Å²) in [6.45, 7) is 11.8. The van der Waals surface area contributed by atoms with E-state index >= 15 is 0 Å². The molecular formula is C26H34O2S8. The Labute approximate surface area is 251 Å². The average Bonchev–Trinajstić information content (AvgIpc) is 3.58. The molecule has 2 saturated heterocycles. The van der Waals surface area contributed by atoms with Gasteiger partial charge in [-0.25, -0.2) is 0 Å². The van der Waals surface area contributed by atoms with Crippen molar-refractivity contribution in [2.75, 3.05) is 23.0 Å². The Hall–Kier alpha value is 0.840. The van der Waals surface area contributed by atoms with Crippen LogP contribution in [-0.4, -0.2) is 63.4 Å². The van der Waals surface area contributed by atoms with Gasteiger partial charge in [-0.3, -0.25) is 9.59 Å². The Kier molecular flexibility index (Phi) is 14.7. The van der Waals surface area contributed by atoms with Crippen molar-refractivity contribution in [2.45, 2.75) is 55.5 Å². The molecule has 2 nitrogen and oxygen atoms in total. The fraction of sp³-hybridized carbons (Fsp3) is 0.538. The number of carbonyl (C=O) groups is 2. The summed E-state index contributed by atoms with van der Waals surface area (Å²) < 4.78 is 1.20. The normalized spacial score (nSPS) is 25.4. The molecule has 0 spiro atoms. The van der Waals surface area contributed by atoms with Crippen molar-refractivity contribution in [1.29, 1.82) is 0 Å². The summed E-state index contributed by atoms with van der Waals surface area (Å²) in [5.74, 6) is 6.13. The highest BCUT2D eigenvalue weighted by Crippen LogP contribution is 2.46. The predicted molar refractivity (Wildman–Crippen MR) is 179 cm³/mol. The van der Waals surface area contributed by atoms with E-state index in [1.165, 1.54) is 46.8 Å². The van der Waals surface area contributed by atoms with Crippen LogP contribution >= 0.6 is 94.1 Å². The molecule has 6 atom stereocenters. The Bertz CT molecular complexity index is 806. The monoisotopic (exact) mass is 634 g/mol. The van der Waals surface area contributed by atoms with E-state index in [1.807, 2.05) is 70.6 Å². The van der Waals surface area contributed by atoms with Crippen LogP contribution in [0.5, 0.6) is 0 Å². The molecule has 0 bridgehead atoms. The molecule has 0 N–H and O–H groups in total. The van der Waals surface area contributed by atoms with Gasteiger partial charge in [0, 0.05) is 55.5 Å². The van der Waals surface area contributed by atoms with Gasteiger partial charge in [0.15, 0.2) is 0 Å². The standard InChI is InChI=1S/C26H34O2S8/c1-5-23(27)31-13-21-15-33-25(35-21)17(3)29-11-19-7-9-20(10-8-19)12-30-18(4)26-34-16-22(36-26)14-32-24(28)6-2/h5-10,17-18,21-22,25-26H,1-2,11-16H2,3-4H3. The Morgan fingerprint density at radius 3 is 1.58 bits per heavy atom. The summed E-state index contributed by atoms with van der Waals surface area (Å²) >= 11 is 15.0. The van der Waals surface area contributed by atoms with Gasteiger partial charge in [-0.05, 0) is 23.3 Å². The topological polar surface area (TPSA) is 34.1 Å². The van der Waals surface area contributed by atoms with Crippen LogP contribution in [0.2, 0.25) is 0 Å². The summed E-state index contributed by atoms with van der Waals surface area (Å²) in [4.78, 5) is 22.9. The lowest BCUT2D eigenvalue weighted by Crippen LogP contribution is -2.12. The molecule has 2 fully saturated rings. The number of carbonyl (C=O) groups excluding carboxylic acids is 2. The molecule has 198 valence electrons. The van der Waals surface area contributed by atoms with Crippen molar-refractivity contribution in [2.24, 2.45) is 0 Å². The molecule has 2 aliphatic rings. The van der Waals surface area contributed by atoms with E-state index in [1.54, 1.807) is 0 Å². The van der Waals surface area contributed by atoms with Crippen LogP contribution in [0.25, 0.3) is 0 Å². The lowest BCUT2D eigenvalue weighted by atomic mass is 10.2. The van der Waals surface area contributed by atoms with Crippen LogP contribution in [-0.2, 0) is 21.1 Å². The first kappa shape index (κ1) is 31.4. The minimum absolute atomic E-state index is 0.0839. The average molecular weight is 635 g/mol. The maximum absolute atomic E-state index is 11.5. The van der Waals surface area contributed by atoms with Gasteiger partial charge in [0.05, 0.1) is 9.16 Å². The van der Waals surface area contributed by atoms with Crippen LogP contribution in [0.4, 0.5) is 0 Å². The Morgan fingerprint density at radius 1 is 0.833 bits per heavy atom. The van der Waals surface area contributed by atoms with E-state index in [-0.39, 0.29) is 10.2 Å². The van der Waals surface area contributed by atoms with E-state index in [2.05, 4.69) is 51.3 Å². The van der Waals surface area contributed by atoms with Crippen molar-refractivity contribution in [3.63, 3.8) is 0 Å². The summed E-state index contributed by atoms with van der Waals surface area (Å²) in [5, 5.41) is 2.45. The molecule has 0 saturated carbocycles. The van der Waals surface area contributed by atoms with Gasteiger partial charge in [0.25, 0.3) is 0 Å². The lowest BCUT2D eigenvalue weighted by molar-refractivity contribution is -0.107. The molecule has 1 aromatic carbocycles. The largest absolute Gasteiger partial charge is 0.282 e. The molecule has 0 aromatic heterocycles. The molecule has 10 heteroatoms. The van der Waals surface area contributed by atoms with Crippen LogP contribution in [0.3, 0.4) is 0 Å². The van der Waals surface area contributed by atoms with Gasteiger partial charge in [0.2, 0.25) is 10.2 Å². The third kappa shape index (κ3) is 10.8. The van der Waals surface area contributed by atoms with Crippen molar-refractivity contribution in [3.8, 4) is 0 Å². The van der Waals surface area contributed by atoms with Crippen LogP contribution < -0.4 is 0 Å². The van der Waals surface area contributed by atoms with E-state index < -0.39 is 0 Å². The van der Waals surface area contributed by atoms with Crippen molar-refractivity contribution in [1.82, 2.24) is 0 Å². The number of hydrogen-bond acceptors (Lipinski definition) is 10. The third-order valence-electron chi connectivity index (χ3n) is 5.52. The van der Waals surface area contributed by atoms with Crippen LogP contribution in [0.15, 0.2) is 49.6 Å². The molecule has 3 rings (SSSR count). The molecule has 1 aromatic rings. The molecule has 6 unspecified atom stereocenters. The first-order valence-electron chi connectivity index (χ1n) is 11.8. The minimum Gasteiger partial charge on any atom is -0.282 e. The van der Waals surface area contributed by atoms with Gasteiger partial charge < -0.3 is 0 Å². The number of rotatable bonds is 14. The summed E-state index contributed by atoms with van der Waals surface area (Å²) in [5.41, 5.74) is 2.78. The van der Waals surface area contributed by atoms with Gasteiger partial charge in [-0.1, -0.05) is 74.8 Å². The molecule has 0 radical (unpaired) electrons. The zero-order valence-corrected chi connectivity index (χ0v) is 27.2. The third-order valence-corrected chi connectivity index (χ3v) is 18.6. The molecule has 2 aliphatic heterocycles. The van der Waals surface area contributed by atoms with Crippen LogP contribution in [0.1, 0.15) is 25.0 Å². The highest BCUT2D eigenvalue weighted by Gasteiger charge is 2.31. The molecule has 0 amide bonds. The van der Waals surface area contributed by atoms with Gasteiger partial charge in [0.1, 0.15) is 0 Å². The molecule has 0 aliphatic carbocycles. The number of thioether (sulfide) groups is 8. The first-order valence-corrected chi connectivity index (χ1v) is 19.9. The van der Waals surface area contributed by atoms with E-state index in [0.717, 1.165) is 34.5 Å². The number of benzene rings is 1. The maximum Gasteiger partial charge on any atom is 0.211 e.